The molecule has 4 nitrogen and oxygen atoms in total. The van der Waals surface area contributed by atoms with Crippen LogP contribution in [0.4, 0.5) is 5.69 Å². The van der Waals surface area contributed by atoms with E-state index in [1.807, 2.05) is 6.07 Å². The third-order valence-corrected chi connectivity index (χ3v) is 2.63. The van der Waals surface area contributed by atoms with Gasteiger partial charge in [-0.25, -0.2) is 8.42 Å². The van der Waals surface area contributed by atoms with E-state index in [9.17, 15) is 8.42 Å². The number of nitriles is 1. The Morgan fingerprint density at radius 1 is 1.33 bits per heavy atom. The number of hydrogen-bond acceptors (Lipinski definition) is 3. The van der Waals surface area contributed by atoms with Crippen molar-refractivity contribution in [1.29, 1.82) is 5.26 Å². The molecule has 0 aromatic heterocycles. The van der Waals surface area contributed by atoms with Crippen LogP contribution in [0, 0.1) is 11.3 Å². The molecule has 80 valence electrons. The fraction of sp³-hybridized carbons (Fsp3) is 0.125. The lowest BCUT2D eigenvalue weighted by Gasteiger charge is -2.08. The lowest BCUT2D eigenvalue weighted by molar-refractivity contribution is 0.607. The zero-order valence-corrected chi connectivity index (χ0v) is 9.91. The molecule has 1 N–H and O–H groups in total. The zero-order valence-electron chi connectivity index (χ0n) is 7.58. The van der Waals surface area contributed by atoms with Gasteiger partial charge in [0, 0.05) is 0 Å². The van der Waals surface area contributed by atoms with Crippen LogP contribution >= 0.6 is 23.2 Å². The summed E-state index contributed by atoms with van der Waals surface area (Å²) in [6, 6.07) is 4.52. The molecule has 0 atom stereocenters. The molecule has 1 aromatic carbocycles. The Morgan fingerprint density at radius 2 is 1.80 bits per heavy atom. The highest BCUT2D eigenvalue weighted by molar-refractivity contribution is 7.92. The van der Waals surface area contributed by atoms with Gasteiger partial charge in [0.2, 0.25) is 10.0 Å². The highest BCUT2D eigenvalue weighted by Gasteiger charge is 2.11. The molecule has 0 heterocycles. The highest BCUT2D eigenvalue weighted by Crippen LogP contribution is 2.32. The van der Waals surface area contributed by atoms with E-state index in [0.717, 1.165) is 6.26 Å². The predicted octanol–water partition coefficient (Wildman–Crippen LogP) is 2.24. The summed E-state index contributed by atoms with van der Waals surface area (Å²) in [7, 11) is -3.44. The zero-order chi connectivity index (χ0) is 11.6. The SMILES string of the molecule is CS(=O)(=O)Nc1c(Cl)cc(C#N)cc1Cl. The fourth-order valence-corrected chi connectivity index (χ4v) is 2.20. The van der Waals surface area contributed by atoms with E-state index in [1.54, 1.807) is 0 Å². The smallest absolute Gasteiger partial charge is 0.229 e. The molecule has 1 aromatic rings. The standard InChI is InChI=1S/C8H6Cl2N2O2S/c1-15(13,14)12-8-6(9)2-5(4-11)3-7(8)10/h2-3,12H,1H3. The second kappa shape index (κ2) is 4.27. The Morgan fingerprint density at radius 3 is 2.13 bits per heavy atom. The third-order valence-electron chi connectivity index (χ3n) is 1.46. The molecule has 1 rings (SSSR count). The fourth-order valence-electron chi connectivity index (χ4n) is 0.921. The summed E-state index contributed by atoms with van der Waals surface area (Å²) in [6.07, 6.45) is 0.984. The van der Waals surface area contributed by atoms with Crippen LogP contribution in [0.3, 0.4) is 0 Å². The minimum Gasteiger partial charge on any atom is -0.281 e. The molecular weight excluding hydrogens is 259 g/mol. The topological polar surface area (TPSA) is 70.0 Å². The van der Waals surface area contributed by atoms with Crippen molar-refractivity contribution in [1.82, 2.24) is 0 Å². The average molecular weight is 265 g/mol. The van der Waals surface area contributed by atoms with Crippen molar-refractivity contribution < 1.29 is 8.42 Å². The van der Waals surface area contributed by atoms with Crippen molar-refractivity contribution >= 4 is 38.9 Å². The maximum atomic E-state index is 11.0. The first-order valence-electron chi connectivity index (χ1n) is 3.70. The summed E-state index contributed by atoms with van der Waals surface area (Å²) in [6.45, 7) is 0. The second-order valence-electron chi connectivity index (χ2n) is 2.80. The molecule has 0 bridgehead atoms. The number of sulfonamides is 1. The largest absolute Gasteiger partial charge is 0.281 e. The Balaban J connectivity index is 3.28. The summed E-state index contributed by atoms with van der Waals surface area (Å²) in [5, 5.41) is 8.78. The van der Waals surface area contributed by atoms with E-state index in [4.69, 9.17) is 28.5 Å². The molecule has 0 fully saturated rings. The van der Waals surface area contributed by atoms with Gasteiger partial charge in [0.1, 0.15) is 0 Å². The molecule has 0 radical (unpaired) electrons. The van der Waals surface area contributed by atoms with Crippen LogP contribution in [0.5, 0.6) is 0 Å². The normalized spacial score (nSPS) is 10.8. The lowest BCUT2D eigenvalue weighted by atomic mass is 10.2. The van der Waals surface area contributed by atoms with Crippen molar-refractivity contribution in [2.24, 2.45) is 0 Å². The number of hydrogen-bond donors (Lipinski definition) is 1. The van der Waals surface area contributed by atoms with Crippen molar-refractivity contribution in [2.45, 2.75) is 0 Å². The van der Waals surface area contributed by atoms with E-state index in [1.165, 1.54) is 12.1 Å². The lowest BCUT2D eigenvalue weighted by Crippen LogP contribution is -2.10. The van der Waals surface area contributed by atoms with Crippen LogP contribution in [0.2, 0.25) is 10.0 Å². The first-order chi connectivity index (χ1) is 6.83. The van der Waals surface area contributed by atoms with E-state index >= 15 is 0 Å². The van der Waals surface area contributed by atoms with Crippen molar-refractivity contribution in [3.63, 3.8) is 0 Å². The second-order valence-corrected chi connectivity index (χ2v) is 5.36. The number of nitrogens with one attached hydrogen (secondary N) is 1. The van der Waals surface area contributed by atoms with E-state index in [2.05, 4.69) is 4.72 Å². The average Bonchev–Trinajstić information content (AvgIpc) is 2.09. The van der Waals surface area contributed by atoms with Gasteiger partial charge in [-0.2, -0.15) is 5.26 Å². The van der Waals surface area contributed by atoms with Gasteiger partial charge in [0.15, 0.2) is 0 Å². The van der Waals surface area contributed by atoms with Crippen LogP contribution in [0.25, 0.3) is 0 Å². The Labute approximate surface area is 97.5 Å². The van der Waals surface area contributed by atoms with Crippen molar-refractivity contribution in [3.8, 4) is 6.07 Å². The van der Waals surface area contributed by atoms with E-state index in [-0.39, 0.29) is 21.3 Å². The van der Waals surface area contributed by atoms with Crippen LogP contribution in [-0.4, -0.2) is 14.7 Å². The van der Waals surface area contributed by atoms with Crippen molar-refractivity contribution in [3.05, 3.63) is 27.7 Å². The molecular formula is C8H6Cl2N2O2S. The van der Waals surface area contributed by atoms with Gasteiger partial charge in [-0.1, -0.05) is 23.2 Å². The van der Waals surface area contributed by atoms with E-state index < -0.39 is 10.0 Å². The van der Waals surface area contributed by atoms with Gasteiger partial charge in [-0.3, -0.25) is 4.72 Å². The number of halogens is 2. The number of nitrogens with zero attached hydrogens (tertiary/aromatic N) is 1. The minimum atomic E-state index is -3.44. The molecule has 0 aliphatic heterocycles. The van der Waals surface area contributed by atoms with Gasteiger partial charge in [0.25, 0.3) is 0 Å². The highest BCUT2D eigenvalue weighted by atomic mass is 35.5. The minimum absolute atomic E-state index is 0.0832. The third kappa shape index (κ3) is 3.27. The van der Waals surface area contributed by atoms with Gasteiger partial charge in [0.05, 0.1) is 33.6 Å². The van der Waals surface area contributed by atoms with Crippen LogP contribution in [-0.2, 0) is 10.0 Å². The Kier molecular flexibility index (Phi) is 3.45. The van der Waals surface area contributed by atoms with Crippen LogP contribution in [0.15, 0.2) is 12.1 Å². The molecule has 0 saturated heterocycles. The Bertz CT molecular complexity index is 511. The summed E-state index contributed by atoms with van der Waals surface area (Å²) < 4.78 is 24.1. The van der Waals surface area contributed by atoms with Crippen LogP contribution in [0.1, 0.15) is 5.56 Å². The predicted molar refractivity (Wildman–Crippen MR) is 59.6 cm³/mol. The molecule has 0 amide bonds. The molecule has 0 saturated carbocycles. The molecule has 7 heteroatoms. The van der Waals surface area contributed by atoms with E-state index in [0.29, 0.717) is 0 Å². The molecule has 15 heavy (non-hydrogen) atoms. The van der Waals surface area contributed by atoms with Gasteiger partial charge in [-0.15, -0.1) is 0 Å². The number of anilines is 1. The Hall–Kier alpha value is -0.960. The van der Waals surface area contributed by atoms with Gasteiger partial charge < -0.3 is 0 Å². The monoisotopic (exact) mass is 264 g/mol. The molecule has 0 aliphatic rings. The van der Waals surface area contributed by atoms with Gasteiger partial charge in [-0.05, 0) is 12.1 Å². The first kappa shape index (κ1) is 12.1. The summed E-state index contributed by atoms with van der Waals surface area (Å²) >= 11 is 11.5. The number of rotatable bonds is 2. The quantitative estimate of drug-likeness (QED) is 0.891. The molecule has 0 aliphatic carbocycles. The summed E-state index contributed by atoms with van der Waals surface area (Å²) in [4.78, 5) is 0. The molecule has 0 unspecified atom stereocenters. The maximum Gasteiger partial charge on any atom is 0.229 e. The molecule has 0 spiro atoms. The van der Waals surface area contributed by atoms with Crippen molar-refractivity contribution in [2.75, 3.05) is 11.0 Å². The summed E-state index contributed by atoms with van der Waals surface area (Å²) in [5.74, 6) is 0. The maximum absolute atomic E-state index is 11.0. The number of benzene rings is 1. The van der Waals surface area contributed by atoms with Crippen LogP contribution < -0.4 is 4.72 Å². The van der Waals surface area contributed by atoms with Gasteiger partial charge >= 0.3 is 0 Å². The first-order valence-corrected chi connectivity index (χ1v) is 6.35. The summed E-state index contributed by atoms with van der Waals surface area (Å²) in [5.41, 5.74) is 0.351.